The van der Waals surface area contributed by atoms with Crippen LogP contribution < -0.4 is 0 Å². The molecule has 0 saturated carbocycles. The summed E-state index contributed by atoms with van der Waals surface area (Å²) in [4.78, 5) is 6.68. The minimum atomic E-state index is -2.99. The number of aliphatic hydroxyl groups excluding tert-OH is 1. The highest BCUT2D eigenvalue weighted by Gasteiger charge is 2.32. The lowest BCUT2D eigenvalue weighted by Gasteiger charge is -2.26. The fourth-order valence-electron chi connectivity index (χ4n) is 3.80. The average Bonchev–Trinajstić information content (AvgIpc) is 3.23. The molecule has 1 fully saturated rings. The van der Waals surface area contributed by atoms with Crippen molar-refractivity contribution >= 4 is 20.6 Å². The molecule has 1 saturated heterocycles. The van der Waals surface area contributed by atoms with Gasteiger partial charge >= 0.3 is 0 Å². The molecule has 0 aliphatic carbocycles. The minimum Gasteiger partial charge on any atom is -0.441 e. The summed E-state index contributed by atoms with van der Waals surface area (Å²) in [5.74, 6) is 1.62. The third-order valence-corrected chi connectivity index (χ3v) is 7.10. The van der Waals surface area contributed by atoms with Gasteiger partial charge < -0.3 is 9.52 Å². The van der Waals surface area contributed by atoms with Crippen LogP contribution in [0.25, 0.3) is 22.2 Å². The van der Waals surface area contributed by atoms with Crippen molar-refractivity contribution in [2.24, 2.45) is 0 Å². The summed E-state index contributed by atoms with van der Waals surface area (Å²) in [7, 11) is -2.99. The number of aliphatic hydroxyl groups is 1. The van der Waals surface area contributed by atoms with Crippen molar-refractivity contribution in [3.8, 4) is 11.5 Å². The Hall–Kier alpha value is -2.22. The zero-order valence-corrected chi connectivity index (χ0v) is 16.7. The molecule has 1 aromatic heterocycles. The highest BCUT2D eigenvalue weighted by Crippen LogP contribution is 2.27. The summed E-state index contributed by atoms with van der Waals surface area (Å²) in [6.07, 6.45) is 0.594. The van der Waals surface area contributed by atoms with Gasteiger partial charge in [-0.25, -0.2) is 13.4 Å². The van der Waals surface area contributed by atoms with Gasteiger partial charge in [0.05, 0.1) is 23.8 Å². The SMILES string of the molecule is Cc1oc(-c2ccc3ccccc3c2)nc1CN(CCO)[C@@H]1CCS(=O)(=O)C1. The molecule has 1 atom stereocenters. The summed E-state index contributed by atoms with van der Waals surface area (Å²) in [6.45, 7) is 2.72. The van der Waals surface area contributed by atoms with Gasteiger partial charge in [0.2, 0.25) is 5.89 Å². The Morgan fingerprint density at radius 3 is 2.71 bits per heavy atom. The summed E-state index contributed by atoms with van der Waals surface area (Å²) < 4.78 is 29.6. The van der Waals surface area contributed by atoms with E-state index >= 15 is 0 Å². The number of fused-ring (bicyclic) bond motifs is 1. The Balaban J connectivity index is 1.59. The van der Waals surface area contributed by atoms with Gasteiger partial charge in [0.15, 0.2) is 9.84 Å². The highest BCUT2D eigenvalue weighted by atomic mass is 32.2. The topological polar surface area (TPSA) is 83.6 Å². The third kappa shape index (κ3) is 3.97. The van der Waals surface area contributed by atoms with E-state index in [4.69, 9.17) is 4.42 Å². The first kappa shape index (κ1) is 19.1. The van der Waals surface area contributed by atoms with Gasteiger partial charge in [0.1, 0.15) is 5.76 Å². The molecule has 1 aliphatic heterocycles. The Morgan fingerprint density at radius 1 is 1.21 bits per heavy atom. The van der Waals surface area contributed by atoms with Crippen molar-refractivity contribution in [2.75, 3.05) is 24.7 Å². The maximum absolute atomic E-state index is 11.8. The number of oxazole rings is 1. The molecule has 4 rings (SSSR count). The molecule has 0 bridgehead atoms. The number of hydrogen-bond acceptors (Lipinski definition) is 6. The Kier molecular flexibility index (Phi) is 5.23. The van der Waals surface area contributed by atoms with E-state index in [1.165, 1.54) is 0 Å². The molecule has 0 unspecified atom stereocenters. The van der Waals surface area contributed by atoms with Gasteiger partial charge in [-0.2, -0.15) is 0 Å². The number of aromatic nitrogens is 1. The van der Waals surface area contributed by atoms with E-state index in [9.17, 15) is 13.5 Å². The monoisotopic (exact) mass is 400 g/mol. The maximum atomic E-state index is 11.8. The first-order valence-corrected chi connectivity index (χ1v) is 11.3. The lowest BCUT2D eigenvalue weighted by atomic mass is 10.1. The standard InChI is InChI=1S/C21H24N2O4S/c1-15-20(13-23(9-10-24)19-8-11-28(25,26)14-19)22-21(27-15)18-7-6-16-4-2-3-5-17(16)12-18/h2-7,12,19,24H,8-11,13-14H2,1H3/t19-/m1/s1. The first-order chi connectivity index (χ1) is 13.4. The number of rotatable bonds is 6. The van der Waals surface area contributed by atoms with Crippen LogP contribution in [0.4, 0.5) is 0 Å². The van der Waals surface area contributed by atoms with Crippen LogP contribution in [0, 0.1) is 6.92 Å². The smallest absolute Gasteiger partial charge is 0.226 e. The molecule has 0 amide bonds. The van der Waals surface area contributed by atoms with Crippen molar-refractivity contribution in [3.05, 3.63) is 53.9 Å². The van der Waals surface area contributed by atoms with Crippen LogP contribution in [-0.2, 0) is 16.4 Å². The van der Waals surface area contributed by atoms with Gasteiger partial charge in [-0.15, -0.1) is 0 Å². The first-order valence-electron chi connectivity index (χ1n) is 9.46. The predicted molar refractivity (Wildman–Crippen MR) is 109 cm³/mol. The molecule has 7 heteroatoms. The second-order valence-corrected chi connectivity index (χ2v) is 9.56. The Bertz CT molecular complexity index is 1090. The molecular formula is C21H24N2O4S. The maximum Gasteiger partial charge on any atom is 0.226 e. The fourth-order valence-corrected chi connectivity index (χ4v) is 5.56. The van der Waals surface area contributed by atoms with Crippen LogP contribution in [0.1, 0.15) is 17.9 Å². The van der Waals surface area contributed by atoms with Crippen LogP contribution in [0.3, 0.4) is 0 Å². The van der Waals surface area contributed by atoms with Gasteiger partial charge in [0, 0.05) is 24.7 Å². The lowest BCUT2D eigenvalue weighted by molar-refractivity contribution is 0.152. The third-order valence-electron chi connectivity index (χ3n) is 5.35. The summed E-state index contributed by atoms with van der Waals surface area (Å²) >= 11 is 0. The molecule has 2 heterocycles. The molecule has 28 heavy (non-hydrogen) atoms. The predicted octanol–water partition coefficient (Wildman–Crippen LogP) is 2.78. The van der Waals surface area contributed by atoms with E-state index < -0.39 is 9.84 Å². The van der Waals surface area contributed by atoms with Gasteiger partial charge in [-0.05, 0) is 36.2 Å². The van der Waals surface area contributed by atoms with E-state index in [1.54, 1.807) is 0 Å². The van der Waals surface area contributed by atoms with Crippen molar-refractivity contribution in [1.29, 1.82) is 0 Å². The molecular weight excluding hydrogens is 376 g/mol. The van der Waals surface area contributed by atoms with Crippen LogP contribution >= 0.6 is 0 Å². The molecule has 2 aromatic carbocycles. The molecule has 1 aliphatic rings. The summed E-state index contributed by atoms with van der Waals surface area (Å²) in [5, 5.41) is 11.7. The van der Waals surface area contributed by atoms with Crippen molar-refractivity contribution in [2.45, 2.75) is 25.9 Å². The lowest BCUT2D eigenvalue weighted by Crippen LogP contribution is -2.38. The highest BCUT2D eigenvalue weighted by molar-refractivity contribution is 7.91. The van der Waals surface area contributed by atoms with E-state index in [1.807, 2.05) is 36.1 Å². The quantitative estimate of drug-likeness (QED) is 0.685. The second kappa shape index (κ2) is 7.66. The number of sulfone groups is 1. The zero-order chi connectivity index (χ0) is 19.7. The van der Waals surface area contributed by atoms with Crippen LogP contribution in [-0.4, -0.2) is 54.1 Å². The van der Waals surface area contributed by atoms with Crippen LogP contribution in [0.5, 0.6) is 0 Å². The van der Waals surface area contributed by atoms with Gasteiger partial charge in [-0.1, -0.05) is 30.3 Å². The van der Waals surface area contributed by atoms with Gasteiger partial charge in [-0.3, -0.25) is 4.90 Å². The Morgan fingerprint density at radius 2 is 2.00 bits per heavy atom. The van der Waals surface area contributed by atoms with Crippen molar-refractivity contribution in [3.63, 3.8) is 0 Å². The molecule has 1 N–H and O–H groups in total. The summed E-state index contributed by atoms with van der Waals surface area (Å²) in [5.41, 5.74) is 1.69. The van der Waals surface area contributed by atoms with Gasteiger partial charge in [0.25, 0.3) is 0 Å². The van der Waals surface area contributed by atoms with E-state index in [-0.39, 0.29) is 24.2 Å². The molecule has 0 radical (unpaired) electrons. The largest absolute Gasteiger partial charge is 0.441 e. The van der Waals surface area contributed by atoms with Crippen LogP contribution in [0.2, 0.25) is 0 Å². The van der Waals surface area contributed by atoms with Crippen molar-refractivity contribution < 1.29 is 17.9 Å². The Labute approximate surface area is 164 Å². The molecule has 6 nitrogen and oxygen atoms in total. The van der Waals surface area contributed by atoms with E-state index in [0.717, 1.165) is 22.0 Å². The minimum absolute atomic E-state index is 0.0228. The molecule has 0 spiro atoms. The number of aryl methyl sites for hydroxylation is 1. The zero-order valence-electron chi connectivity index (χ0n) is 15.8. The van der Waals surface area contributed by atoms with Crippen molar-refractivity contribution in [1.82, 2.24) is 9.88 Å². The average molecular weight is 401 g/mol. The van der Waals surface area contributed by atoms with Crippen LogP contribution in [0.15, 0.2) is 46.9 Å². The fraction of sp³-hybridized carbons (Fsp3) is 0.381. The number of nitrogens with zero attached hydrogens (tertiary/aromatic N) is 2. The van der Waals surface area contributed by atoms with E-state index in [2.05, 4.69) is 23.2 Å². The second-order valence-electron chi connectivity index (χ2n) is 7.33. The summed E-state index contributed by atoms with van der Waals surface area (Å²) in [6, 6.07) is 14.1. The number of hydrogen-bond donors (Lipinski definition) is 1. The normalized spacial score (nSPS) is 18.9. The number of benzene rings is 2. The molecule has 148 valence electrons. The van der Waals surface area contributed by atoms with E-state index in [0.29, 0.717) is 31.2 Å². The molecule has 3 aromatic rings.